The topological polar surface area (TPSA) is 131 Å². The molecule has 0 spiro atoms. The summed E-state index contributed by atoms with van der Waals surface area (Å²) in [6.45, 7) is 0.440. The first-order valence-corrected chi connectivity index (χ1v) is 9.29. The van der Waals surface area contributed by atoms with Gasteiger partial charge in [-0.3, -0.25) is 19.7 Å². The Bertz CT molecular complexity index is 1100. The van der Waals surface area contributed by atoms with Crippen molar-refractivity contribution < 1.29 is 23.9 Å². The number of nitrogens with zero attached hydrogens (tertiary/aromatic N) is 1. The normalized spacial score (nSPS) is 12.8. The molecule has 0 fully saturated rings. The second kappa shape index (κ2) is 9.45. The number of benzene rings is 2. The van der Waals surface area contributed by atoms with Crippen molar-refractivity contribution in [3.63, 3.8) is 0 Å². The second-order valence-corrected chi connectivity index (χ2v) is 6.71. The number of rotatable bonds is 6. The van der Waals surface area contributed by atoms with Crippen LogP contribution in [0.2, 0.25) is 0 Å². The van der Waals surface area contributed by atoms with E-state index in [1.54, 1.807) is 35.2 Å². The smallest absolute Gasteiger partial charge is 0.322 e. The molecule has 3 rings (SSSR count). The van der Waals surface area contributed by atoms with Crippen molar-refractivity contribution >= 4 is 24.3 Å². The minimum absolute atomic E-state index is 0.0879. The Morgan fingerprint density at radius 3 is 2.81 bits per heavy atom. The molecule has 9 heteroatoms. The van der Waals surface area contributed by atoms with E-state index in [9.17, 15) is 19.2 Å². The maximum atomic E-state index is 12.8. The highest BCUT2D eigenvalue weighted by Gasteiger charge is 2.29. The van der Waals surface area contributed by atoms with E-state index in [1.807, 2.05) is 11.4 Å². The zero-order valence-corrected chi connectivity index (χ0v) is 16.7. The van der Waals surface area contributed by atoms with Crippen LogP contribution in [0.15, 0.2) is 42.5 Å². The van der Waals surface area contributed by atoms with E-state index < -0.39 is 18.0 Å². The van der Waals surface area contributed by atoms with E-state index in [-0.39, 0.29) is 18.9 Å². The fourth-order valence-corrected chi connectivity index (χ4v) is 3.14. The Labute approximate surface area is 178 Å². The first-order valence-electron chi connectivity index (χ1n) is 9.29. The highest BCUT2D eigenvalue weighted by molar-refractivity contribution is 5.99. The Balaban J connectivity index is 1.81. The number of hydrogen-bond donors (Lipinski definition) is 3. The SMILES string of the molecule is COc1ccc2c(c1)C(=O)N(C[C@@H](C#Cc1cccc(C(N)=O)c1)NC(=O)NC=O)C2. The van der Waals surface area contributed by atoms with Crippen LogP contribution in [0.25, 0.3) is 0 Å². The predicted octanol–water partition coefficient (Wildman–Crippen LogP) is 0.626. The van der Waals surface area contributed by atoms with Crippen molar-refractivity contribution in [2.45, 2.75) is 12.6 Å². The highest BCUT2D eigenvalue weighted by Crippen LogP contribution is 2.26. The average Bonchev–Trinajstić information content (AvgIpc) is 3.07. The average molecular weight is 420 g/mol. The number of imide groups is 1. The van der Waals surface area contributed by atoms with Gasteiger partial charge in [0.15, 0.2) is 0 Å². The Morgan fingerprint density at radius 1 is 1.29 bits per heavy atom. The summed E-state index contributed by atoms with van der Waals surface area (Å²) in [5.41, 5.74) is 7.46. The summed E-state index contributed by atoms with van der Waals surface area (Å²) in [5, 5.41) is 4.54. The fourth-order valence-electron chi connectivity index (χ4n) is 3.14. The highest BCUT2D eigenvalue weighted by atomic mass is 16.5. The molecule has 2 aromatic carbocycles. The van der Waals surface area contributed by atoms with Gasteiger partial charge in [0.05, 0.1) is 13.7 Å². The van der Waals surface area contributed by atoms with Crippen LogP contribution < -0.4 is 21.1 Å². The standard InChI is InChI=1S/C22H20N4O5/c1-31-18-8-6-16-11-26(21(29)19(16)10-18)12-17(25-22(30)24-13-27)7-5-14-3-2-4-15(9-14)20(23)28/h2-4,6,8-10,13,17H,11-12H2,1H3,(H2,23,28)(H2,24,25,27,30)/t17-/m1/s1. The van der Waals surface area contributed by atoms with Gasteiger partial charge in [0.2, 0.25) is 12.3 Å². The van der Waals surface area contributed by atoms with Gasteiger partial charge in [-0.25, -0.2) is 4.79 Å². The molecule has 0 saturated heterocycles. The van der Waals surface area contributed by atoms with Crippen molar-refractivity contribution in [2.75, 3.05) is 13.7 Å². The molecule has 1 atom stereocenters. The van der Waals surface area contributed by atoms with Crippen LogP contribution in [0.5, 0.6) is 5.75 Å². The lowest BCUT2D eigenvalue weighted by atomic mass is 10.1. The molecule has 0 aromatic heterocycles. The summed E-state index contributed by atoms with van der Waals surface area (Å²) in [5.74, 6) is 5.52. The fraction of sp³-hybridized carbons (Fsp3) is 0.182. The zero-order valence-electron chi connectivity index (χ0n) is 16.7. The second-order valence-electron chi connectivity index (χ2n) is 6.71. The molecule has 4 N–H and O–H groups in total. The summed E-state index contributed by atoms with van der Waals surface area (Å²) in [6, 6.07) is 10.1. The van der Waals surface area contributed by atoms with Crippen LogP contribution in [0.3, 0.4) is 0 Å². The number of urea groups is 1. The number of fused-ring (bicyclic) bond motifs is 1. The van der Waals surface area contributed by atoms with E-state index >= 15 is 0 Å². The van der Waals surface area contributed by atoms with Crippen LogP contribution in [-0.2, 0) is 11.3 Å². The molecule has 0 aliphatic carbocycles. The van der Waals surface area contributed by atoms with Gasteiger partial charge in [-0.15, -0.1) is 0 Å². The van der Waals surface area contributed by atoms with Crippen LogP contribution in [0.4, 0.5) is 4.79 Å². The lowest BCUT2D eigenvalue weighted by molar-refractivity contribution is -0.108. The van der Waals surface area contributed by atoms with E-state index in [4.69, 9.17) is 10.5 Å². The third-order valence-electron chi connectivity index (χ3n) is 4.63. The summed E-state index contributed by atoms with van der Waals surface area (Å²) < 4.78 is 5.17. The van der Waals surface area contributed by atoms with Gasteiger partial charge in [0, 0.05) is 23.2 Å². The van der Waals surface area contributed by atoms with E-state index in [0.29, 0.717) is 29.0 Å². The maximum absolute atomic E-state index is 12.8. The van der Waals surface area contributed by atoms with E-state index in [0.717, 1.165) is 5.56 Å². The van der Waals surface area contributed by atoms with Crippen molar-refractivity contribution in [2.24, 2.45) is 5.73 Å². The van der Waals surface area contributed by atoms with Gasteiger partial charge < -0.3 is 20.7 Å². The van der Waals surface area contributed by atoms with Gasteiger partial charge in [-0.2, -0.15) is 0 Å². The molecule has 0 unspecified atom stereocenters. The van der Waals surface area contributed by atoms with E-state index in [1.165, 1.54) is 13.2 Å². The Kier molecular flexibility index (Phi) is 6.52. The van der Waals surface area contributed by atoms with Gasteiger partial charge in [0.25, 0.3) is 5.91 Å². The van der Waals surface area contributed by atoms with Crippen LogP contribution in [-0.4, -0.2) is 48.9 Å². The first-order chi connectivity index (χ1) is 14.9. The quantitative estimate of drug-likeness (QED) is 0.466. The minimum Gasteiger partial charge on any atom is -0.497 e. The molecule has 1 aliphatic rings. The summed E-state index contributed by atoms with van der Waals surface area (Å²) in [4.78, 5) is 48.1. The number of methoxy groups -OCH3 is 1. The number of amides is 5. The number of ether oxygens (including phenoxy) is 1. The lowest BCUT2D eigenvalue weighted by Crippen LogP contribution is -2.46. The molecular weight excluding hydrogens is 400 g/mol. The third-order valence-corrected chi connectivity index (χ3v) is 4.63. The van der Waals surface area contributed by atoms with Gasteiger partial charge in [0.1, 0.15) is 11.8 Å². The molecule has 1 aliphatic heterocycles. The third kappa shape index (κ3) is 5.19. The largest absolute Gasteiger partial charge is 0.497 e. The number of primary amides is 1. The number of carbonyl (C=O) groups is 4. The van der Waals surface area contributed by atoms with Crippen molar-refractivity contribution in [1.82, 2.24) is 15.5 Å². The summed E-state index contributed by atoms with van der Waals surface area (Å²) in [7, 11) is 1.52. The number of carbonyl (C=O) groups excluding carboxylic acids is 4. The monoisotopic (exact) mass is 420 g/mol. The molecular formula is C22H20N4O5. The van der Waals surface area contributed by atoms with Crippen LogP contribution >= 0.6 is 0 Å². The molecule has 0 saturated carbocycles. The summed E-state index contributed by atoms with van der Waals surface area (Å²) in [6.07, 6.45) is 0.249. The first kappa shape index (κ1) is 21.4. The molecule has 9 nitrogen and oxygen atoms in total. The molecule has 0 radical (unpaired) electrons. The molecule has 0 bridgehead atoms. The Morgan fingerprint density at radius 2 is 2.10 bits per heavy atom. The van der Waals surface area contributed by atoms with Gasteiger partial charge in [-0.1, -0.05) is 24.0 Å². The van der Waals surface area contributed by atoms with Crippen molar-refractivity contribution in [3.8, 4) is 17.6 Å². The van der Waals surface area contributed by atoms with Gasteiger partial charge in [-0.05, 0) is 35.9 Å². The van der Waals surface area contributed by atoms with Crippen LogP contribution in [0.1, 0.15) is 31.8 Å². The lowest BCUT2D eigenvalue weighted by Gasteiger charge is -2.21. The molecule has 2 aromatic rings. The zero-order chi connectivity index (χ0) is 22.4. The van der Waals surface area contributed by atoms with Crippen LogP contribution in [0, 0.1) is 11.8 Å². The molecule has 5 amide bonds. The van der Waals surface area contributed by atoms with Crippen molar-refractivity contribution in [3.05, 3.63) is 64.7 Å². The van der Waals surface area contributed by atoms with E-state index in [2.05, 4.69) is 17.2 Å². The number of nitrogens with two attached hydrogens (primary N) is 1. The number of hydrogen-bond acceptors (Lipinski definition) is 5. The minimum atomic E-state index is -0.780. The summed E-state index contributed by atoms with van der Waals surface area (Å²) >= 11 is 0. The van der Waals surface area contributed by atoms with Gasteiger partial charge >= 0.3 is 6.03 Å². The predicted molar refractivity (Wildman–Crippen MR) is 111 cm³/mol. The molecule has 1 heterocycles. The number of nitrogens with one attached hydrogen (secondary N) is 2. The molecule has 158 valence electrons. The molecule has 31 heavy (non-hydrogen) atoms. The maximum Gasteiger partial charge on any atom is 0.322 e. The Hall–Kier alpha value is -4.32. The van der Waals surface area contributed by atoms with Crippen molar-refractivity contribution in [1.29, 1.82) is 0 Å².